The van der Waals surface area contributed by atoms with Crippen LogP contribution in [0.25, 0.3) is 0 Å². The predicted molar refractivity (Wildman–Crippen MR) is 105 cm³/mol. The third-order valence-electron chi connectivity index (χ3n) is 3.26. The van der Waals surface area contributed by atoms with Crippen molar-refractivity contribution in [2.75, 3.05) is 11.9 Å². The summed E-state index contributed by atoms with van der Waals surface area (Å²) in [6, 6.07) is 3.09. The number of hydrogen-bond donors (Lipinski definition) is 3. The minimum Gasteiger partial charge on any atom is -0.351 e. The van der Waals surface area contributed by atoms with Crippen molar-refractivity contribution < 1.29 is 18.4 Å². The topological polar surface area (TPSA) is 86.9 Å². The van der Waals surface area contributed by atoms with Crippen LogP contribution in [0.15, 0.2) is 48.2 Å². The first-order chi connectivity index (χ1) is 13.3. The van der Waals surface area contributed by atoms with Gasteiger partial charge in [-0.15, -0.1) is 0 Å². The van der Waals surface area contributed by atoms with Crippen LogP contribution in [-0.2, 0) is 0 Å². The highest BCUT2D eigenvalue weighted by Gasteiger charge is 2.20. The number of carbonyl (C=O) groups is 2. The Morgan fingerprint density at radius 3 is 2.32 bits per heavy atom. The lowest BCUT2D eigenvalue weighted by molar-refractivity contribution is 0.0951. The molecule has 0 unspecified atom stereocenters. The molecule has 0 saturated carbocycles. The Kier molecular flexibility index (Phi) is 9.29. The standard InChI is InChI=1S/C13H12F2N4O2.C7H12/c1-2-16-13(21)11-9(6-17-19-11)18-12(20)10-7(14)4-3-5-8(10)15;1-4-5-6-7(2)3/h3-6H,2H2,1H3,(H,16,21)(H,17,19)(H,18,20);4-6H,1-3H3/b;5-4-. The van der Waals surface area contributed by atoms with Gasteiger partial charge in [-0.2, -0.15) is 5.10 Å². The third kappa shape index (κ3) is 6.79. The number of benzene rings is 1. The van der Waals surface area contributed by atoms with Gasteiger partial charge in [-0.1, -0.05) is 29.9 Å². The Morgan fingerprint density at radius 1 is 1.18 bits per heavy atom. The minimum absolute atomic E-state index is 0.00180. The van der Waals surface area contributed by atoms with Gasteiger partial charge in [-0.05, 0) is 39.8 Å². The molecule has 1 aromatic carbocycles. The highest BCUT2D eigenvalue weighted by molar-refractivity contribution is 6.08. The number of H-pyrrole nitrogens is 1. The summed E-state index contributed by atoms with van der Waals surface area (Å²) in [6.45, 7) is 8.29. The van der Waals surface area contributed by atoms with Crippen LogP contribution < -0.4 is 10.6 Å². The average molecular weight is 390 g/mol. The van der Waals surface area contributed by atoms with Crippen molar-refractivity contribution in [2.45, 2.75) is 27.7 Å². The van der Waals surface area contributed by atoms with Crippen molar-refractivity contribution in [3.8, 4) is 0 Å². The molecule has 28 heavy (non-hydrogen) atoms. The molecule has 1 heterocycles. The van der Waals surface area contributed by atoms with Crippen molar-refractivity contribution in [3.05, 3.63) is 71.1 Å². The molecule has 150 valence electrons. The van der Waals surface area contributed by atoms with E-state index in [2.05, 4.69) is 40.8 Å². The van der Waals surface area contributed by atoms with E-state index in [-0.39, 0.29) is 11.4 Å². The second kappa shape index (κ2) is 11.4. The van der Waals surface area contributed by atoms with Crippen molar-refractivity contribution in [1.82, 2.24) is 15.5 Å². The molecule has 6 nitrogen and oxygen atoms in total. The fraction of sp³-hybridized carbons (Fsp3) is 0.250. The third-order valence-corrected chi connectivity index (χ3v) is 3.26. The Bertz CT molecular complexity index is 849. The molecule has 2 amide bonds. The number of aromatic amines is 1. The quantitative estimate of drug-likeness (QED) is 0.668. The highest BCUT2D eigenvalue weighted by atomic mass is 19.1. The molecule has 0 bridgehead atoms. The van der Waals surface area contributed by atoms with Gasteiger partial charge in [0.05, 0.1) is 11.9 Å². The summed E-state index contributed by atoms with van der Waals surface area (Å²) >= 11 is 0. The first kappa shape index (κ1) is 22.8. The van der Waals surface area contributed by atoms with Crippen LogP contribution in [0, 0.1) is 11.6 Å². The molecule has 0 saturated heterocycles. The SMILES string of the molecule is C/C=C\C=C(C)C.CCNC(=O)c1[nH]ncc1NC(=O)c1c(F)cccc1F. The van der Waals surface area contributed by atoms with Gasteiger partial charge >= 0.3 is 0 Å². The molecule has 0 aliphatic heterocycles. The van der Waals surface area contributed by atoms with E-state index >= 15 is 0 Å². The Morgan fingerprint density at radius 2 is 1.82 bits per heavy atom. The van der Waals surface area contributed by atoms with Gasteiger partial charge in [0.15, 0.2) is 0 Å². The zero-order chi connectivity index (χ0) is 21.1. The van der Waals surface area contributed by atoms with E-state index < -0.39 is 29.0 Å². The van der Waals surface area contributed by atoms with Crippen molar-refractivity contribution >= 4 is 17.5 Å². The van der Waals surface area contributed by atoms with Gasteiger partial charge in [-0.3, -0.25) is 14.7 Å². The summed E-state index contributed by atoms with van der Waals surface area (Å²) in [5.74, 6) is -3.47. The fourth-order valence-electron chi connectivity index (χ4n) is 1.99. The number of hydrogen-bond acceptors (Lipinski definition) is 3. The van der Waals surface area contributed by atoms with Crippen LogP contribution in [0.5, 0.6) is 0 Å². The van der Waals surface area contributed by atoms with Gasteiger partial charge < -0.3 is 10.6 Å². The summed E-state index contributed by atoms with van der Waals surface area (Å²) in [5, 5.41) is 10.8. The van der Waals surface area contributed by atoms with E-state index in [1.54, 1.807) is 6.92 Å². The molecule has 0 aliphatic carbocycles. The average Bonchev–Trinajstić information content (AvgIpc) is 3.08. The van der Waals surface area contributed by atoms with E-state index in [4.69, 9.17) is 0 Å². The number of nitrogens with zero attached hydrogens (tertiary/aromatic N) is 1. The lowest BCUT2D eigenvalue weighted by Gasteiger charge is -2.07. The maximum Gasteiger partial charge on any atom is 0.271 e. The lowest BCUT2D eigenvalue weighted by atomic mass is 10.2. The molecular formula is C20H24F2N4O2. The van der Waals surface area contributed by atoms with Gasteiger partial charge in [0, 0.05) is 6.54 Å². The van der Waals surface area contributed by atoms with E-state index in [0.29, 0.717) is 6.54 Å². The second-order valence-electron chi connectivity index (χ2n) is 5.84. The molecule has 1 aromatic heterocycles. The van der Waals surface area contributed by atoms with Gasteiger partial charge in [0.1, 0.15) is 22.9 Å². The lowest BCUT2D eigenvalue weighted by Crippen LogP contribution is -2.25. The molecule has 0 fully saturated rings. The number of anilines is 1. The smallest absolute Gasteiger partial charge is 0.271 e. The molecule has 0 spiro atoms. The summed E-state index contributed by atoms with van der Waals surface area (Å²) in [5.41, 5.74) is 0.661. The number of aromatic nitrogens is 2. The molecule has 2 rings (SSSR count). The first-order valence-electron chi connectivity index (χ1n) is 8.64. The summed E-state index contributed by atoms with van der Waals surface area (Å²) in [7, 11) is 0. The Labute approximate surface area is 162 Å². The van der Waals surface area contributed by atoms with Gasteiger partial charge in [-0.25, -0.2) is 8.78 Å². The normalized spacial score (nSPS) is 10.1. The van der Waals surface area contributed by atoms with E-state index in [1.807, 2.05) is 19.1 Å². The molecular weight excluding hydrogens is 366 g/mol. The molecule has 0 aliphatic rings. The largest absolute Gasteiger partial charge is 0.351 e. The molecule has 0 radical (unpaired) electrons. The van der Waals surface area contributed by atoms with Crippen LogP contribution in [0.4, 0.5) is 14.5 Å². The van der Waals surface area contributed by atoms with Crippen molar-refractivity contribution in [1.29, 1.82) is 0 Å². The van der Waals surface area contributed by atoms with Crippen molar-refractivity contribution in [3.63, 3.8) is 0 Å². The molecule has 2 aromatic rings. The molecule has 0 atom stereocenters. The predicted octanol–water partition coefficient (Wildman–Crippen LogP) is 4.22. The molecule has 8 heteroatoms. The summed E-state index contributed by atoms with van der Waals surface area (Å²) < 4.78 is 27.0. The van der Waals surface area contributed by atoms with Crippen LogP contribution in [0.1, 0.15) is 48.5 Å². The van der Waals surface area contributed by atoms with Crippen LogP contribution in [-0.4, -0.2) is 28.6 Å². The maximum absolute atomic E-state index is 13.5. The fourth-order valence-corrected chi connectivity index (χ4v) is 1.99. The highest BCUT2D eigenvalue weighted by Crippen LogP contribution is 2.17. The second-order valence-corrected chi connectivity index (χ2v) is 5.84. The number of amides is 2. The van der Waals surface area contributed by atoms with Crippen LogP contribution in [0.2, 0.25) is 0 Å². The zero-order valence-corrected chi connectivity index (χ0v) is 16.3. The van der Waals surface area contributed by atoms with Crippen LogP contribution in [0.3, 0.4) is 0 Å². The van der Waals surface area contributed by atoms with Gasteiger partial charge in [0.2, 0.25) is 0 Å². The number of rotatable bonds is 5. The summed E-state index contributed by atoms with van der Waals surface area (Å²) in [6.07, 6.45) is 7.32. The van der Waals surface area contributed by atoms with Crippen LogP contribution >= 0.6 is 0 Å². The number of allylic oxidation sites excluding steroid dienone is 4. The minimum atomic E-state index is -1.00. The number of carbonyl (C=O) groups excluding carboxylic acids is 2. The molecule has 3 N–H and O–H groups in total. The van der Waals surface area contributed by atoms with Crippen molar-refractivity contribution in [2.24, 2.45) is 0 Å². The van der Waals surface area contributed by atoms with E-state index in [1.165, 1.54) is 11.8 Å². The zero-order valence-electron chi connectivity index (χ0n) is 16.3. The Balaban J connectivity index is 0.000000480. The summed E-state index contributed by atoms with van der Waals surface area (Å²) in [4.78, 5) is 23.6. The van der Waals surface area contributed by atoms with E-state index in [0.717, 1.165) is 18.2 Å². The number of halogens is 2. The number of nitrogens with one attached hydrogen (secondary N) is 3. The van der Waals surface area contributed by atoms with Gasteiger partial charge in [0.25, 0.3) is 11.8 Å². The monoisotopic (exact) mass is 390 g/mol. The first-order valence-corrected chi connectivity index (χ1v) is 8.64. The van der Waals surface area contributed by atoms with E-state index in [9.17, 15) is 18.4 Å². The maximum atomic E-state index is 13.5. The Hall–Kier alpha value is -3.29.